The van der Waals surface area contributed by atoms with E-state index in [9.17, 15) is 13.2 Å². The Hall–Kier alpha value is -2.91. The van der Waals surface area contributed by atoms with Gasteiger partial charge in [-0.3, -0.25) is 0 Å². The van der Waals surface area contributed by atoms with Crippen LogP contribution in [0, 0.1) is 13.8 Å². The zero-order valence-electron chi connectivity index (χ0n) is 18.9. The van der Waals surface area contributed by atoms with E-state index in [1.807, 2.05) is 25.1 Å². The van der Waals surface area contributed by atoms with Gasteiger partial charge >= 0.3 is 6.18 Å². The number of halogens is 3. The van der Waals surface area contributed by atoms with E-state index in [0.29, 0.717) is 29.8 Å². The van der Waals surface area contributed by atoms with Crippen molar-refractivity contribution in [3.63, 3.8) is 0 Å². The molecule has 0 saturated carbocycles. The molecule has 0 radical (unpaired) electrons. The second kappa shape index (κ2) is 9.15. The Morgan fingerprint density at radius 2 is 1.97 bits per heavy atom. The van der Waals surface area contributed by atoms with E-state index in [-0.39, 0.29) is 5.56 Å². The lowest BCUT2D eigenvalue weighted by molar-refractivity contribution is -0.138. The summed E-state index contributed by atoms with van der Waals surface area (Å²) in [6.45, 7) is 4.93. The van der Waals surface area contributed by atoms with Crippen LogP contribution >= 0.6 is 0 Å². The second-order valence-corrected chi connectivity index (χ2v) is 8.57. The Morgan fingerprint density at radius 3 is 2.67 bits per heavy atom. The van der Waals surface area contributed by atoms with Crippen molar-refractivity contribution in [3.05, 3.63) is 58.8 Å². The molecule has 6 nitrogen and oxygen atoms in total. The van der Waals surface area contributed by atoms with Crippen LogP contribution in [0.2, 0.25) is 0 Å². The first-order valence-electron chi connectivity index (χ1n) is 10.9. The van der Waals surface area contributed by atoms with Gasteiger partial charge in [0.2, 0.25) is 0 Å². The van der Waals surface area contributed by atoms with Crippen molar-refractivity contribution in [1.29, 1.82) is 0 Å². The lowest BCUT2D eigenvalue weighted by Crippen LogP contribution is -2.30. The first-order chi connectivity index (χ1) is 15.6. The SMILES string of the molecule is Cc1c([C@@H](N)Nc2nnc(C)c3ccc(OC[C@@H]4CCCN4C)cc23)cccc1C(F)(F)F. The van der Waals surface area contributed by atoms with E-state index >= 15 is 0 Å². The molecule has 2 aromatic carbocycles. The molecule has 1 aliphatic rings. The van der Waals surface area contributed by atoms with Gasteiger partial charge in [-0.15, -0.1) is 5.10 Å². The summed E-state index contributed by atoms with van der Waals surface area (Å²) in [7, 11) is 2.10. The molecule has 3 aromatic rings. The predicted octanol–water partition coefficient (Wildman–Crippen LogP) is 4.81. The van der Waals surface area contributed by atoms with Gasteiger partial charge in [0.1, 0.15) is 18.5 Å². The van der Waals surface area contributed by atoms with Gasteiger partial charge in [-0.1, -0.05) is 12.1 Å². The molecule has 0 amide bonds. The van der Waals surface area contributed by atoms with Gasteiger partial charge in [0, 0.05) is 16.8 Å². The topological polar surface area (TPSA) is 76.3 Å². The number of likely N-dealkylation sites (N-methyl/N-ethyl adjacent to an activating group) is 1. The Labute approximate surface area is 190 Å². The molecule has 0 bridgehead atoms. The number of likely N-dealkylation sites (tertiary alicyclic amines) is 1. The Morgan fingerprint density at radius 1 is 1.18 bits per heavy atom. The van der Waals surface area contributed by atoms with Crippen molar-refractivity contribution in [2.24, 2.45) is 5.73 Å². The number of nitrogens with two attached hydrogens (primary N) is 1. The molecule has 1 saturated heterocycles. The molecule has 2 atom stereocenters. The van der Waals surface area contributed by atoms with Crippen molar-refractivity contribution in [2.75, 3.05) is 25.5 Å². The fourth-order valence-corrected chi connectivity index (χ4v) is 4.37. The molecule has 1 aromatic heterocycles. The number of nitrogens with zero attached hydrogens (tertiary/aromatic N) is 3. The van der Waals surface area contributed by atoms with E-state index in [4.69, 9.17) is 10.5 Å². The third-order valence-electron chi connectivity index (χ3n) is 6.36. The number of ether oxygens (including phenoxy) is 1. The van der Waals surface area contributed by atoms with E-state index in [1.54, 1.807) is 6.07 Å². The van der Waals surface area contributed by atoms with Crippen molar-refractivity contribution in [2.45, 2.75) is 45.1 Å². The molecule has 33 heavy (non-hydrogen) atoms. The van der Waals surface area contributed by atoms with Gasteiger partial charge in [0.15, 0.2) is 5.82 Å². The zero-order chi connectivity index (χ0) is 23.8. The van der Waals surface area contributed by atoms with E-state index in [1.165, 1.54) is 13.0 Å². The highest BCUT2D eigenvalue weighted by Crippen LogP contribution is 2.35. The molecule has 2 heterocycles. The fourth-order valence-electron chi connectivity index (χ4n) is 4.37. The summed E-state index contributed by atoms with van der Waals surface area (Å²) in [6, 6.07) is 10.1. The van der Waals surface area contributed by atoms with Gasteiger partial charge in [-0.25, -0.2) is 0 Å². The van der Waals surface area contributed by atoms with Crippen molar-refractivity contribution in [1.82, 2.24) is 15.1 Å². The summed E-state index contributed by atoms with van der Waals surface area (Å²) in [5.41, 5.74) is 6.74. The number of hydrogen-bond donors (Lipinski definition) is 2. The fraction of sp³-hybridized carbons (Fsp3) is 0.417. The maximum Gasteiger partial charge on any atom is 0.416 e. The number of anilines is 1. The standard InChI is InChI=1S/C24H28F3N5O/c1-14-18(7-4-8-21(14)24(25,26)27)22(28)29-23-20-12-17(9-10-19(20)15(2)30-31-23)33-13-16-6-5-11-32(16)3/h4,7-10,12,16,22H,5-6,11,13,28H2,1-3H3,(H,29,31)/t16-,22-/m0/s1. The molecular formula is C24H28F3N5O. The number of aryl methyl sites for hydroxylation is 1. The number of nitrogens with one attached hydrogen (secondary N) is 1. The van der Waals surface area contributed by atoms with Gasteiger partial charge in [-0.2, -0.15) is 18.3 Å². The minimum Gasteiger partial charge on any atom is -0.492 e. The van der Waals surface area contributed by atoms with Gasteiger partial charge in [-0.05, 0) is 75.7 Å². The monoisotopic (exact) mass is 459 g/mol. The number of fused-ring (bicyclic) bond motifs is 1. The molecule has 0 unspecified atom stereocenters. The quantitative estimate of drug-likeness (QED) is 0.516. The molecule has 1 fully saturated rings. The summed E-state index contributed by atoms with van der Waals surface area (Å²) in [5, 5.41) is 13.1. The Balaban J connectivity index is 1.61. The van der Waals surface area contributed by atoms with Crippen LogP contribution in [0.25, 0.3) is 10.8 Å². The molecule has 4 rings (SSSR count). The molecule has 0 spiro atoms. The molecular weight excluding hydrogens is 431 g/mol. The molecule has 0 aliphatic carbocycles. The highest BCUT2D eigenvalue weighted by molar-refractivity contribution is 5.94. The maximum absolute atomic E-state index is 13.3. The van der Waals surface area contributed by atoms with Crippen LogP contribution in [0.15, 0.2) is 36.4 Å². The lowest BCUT2D eigenvalue weighted by Gasteiger charge is -2.21. The maximum atomic E-state index is 13.3. The van der Waals surface area contributed by atoms with E-state index < -0.39 is 17.9 Å². The predicted molar refractivity (Wildman–Crippen MR) is 122 cm³/mol. The summed E-state index contributed by atoms with van der Waals surface area (Å²) >= 11 is 0. The Bertz CT molecular complexity index is 1150. The first kappa shape index (κ1) is 23.3. The van der Waals surface area contributed by atoms with Crippen LogP contribution in [0.4, 0.5) is 19.0 Å². The van der Waals surface area contributed by atoms with E-state index in [0.717, 1.165) is 41.9 Å². The van der Waals surface area contributed by atoms with Crippen LogP contribution in [0.5, 0.6) is 5.75 Å². The van der Waals surface area contributed by atoms with Crippen molar-refractivity contribution < 1.29 is 17.9 Å². The lowest BCUT2D eigenvalue weighted by atomic mass is 10.00. The zero-order valence-corrected chi connectivity index (χ0v) is 18.9. The molecule has 1 aliphatic heterocycles. The smallest absolute Gasteiger partial charge is 0.416 e. The van der Waals surface area contributed by atoms with Crippen LogP contribution in [0.3, 0.4) is 0 Å². The first-order valence-corrected chi connectivity index (χ1v) is 10.9. The number of aromatic nitrogens is 2. The number of benzene rings is 2. The molecule has 3 N–H and O–H groups in total. The molecule has 9 heteroatoms. The normalized spacial score (nSPS) is 18.0. The highest BCUT2D eigenvalue weighted by atomic mass is 19.4. The minimum absolute atomic E-state index is 0.0825. The second-order valence-electron chi connectivity index (χ2n) is 8.57. The number of alkyl halides is 3. The van der Waals surface area contributed by atoms with Crippen molar-refractivity contribution >= 4 is 16.6 Å². The summed E-state index contributed by atoms with van der Waals surface area (Å²) in [6.07, 6.45) is -3.08. The minimum atomic E-state index is -4.45. The van der Waals surface area contributed by atoms with Crippen molar-refractivity contribution in [3.8, 4) is 5.75 Å². The molecule has 176 valence electrons. The summed E-state index contributed by atoms with van der Waals surface area (Å²) in [4.78, 5) is 2.29. The largest absolute Gasteiger partial charge is 0.492 e. The van der Waals surface area contributed by atoms with Gasteiger partial charge in [0.25, 0.3) is 0 Å². The van der Waals surface area contributed by atoms with E-state index in [2.05, 4.69) is 27.5 Å². The van der Waals surface area contributed by atoms with Crippen LogP contribution in [-0.4, -0.2) is 41.3 Å². The highest BCUT2D eigenvalue weighted by Gasteiger charge is 2.33. The average molecular weight is 460 g/mol. The number of hydrogen-bond acceptors (Lipinski definition) is 6. The van der Waals surface area contributed by atoms with Crippen LogP contribution in [0.1, 0.15) is 41.4 Å². The van der Waals surface area contributed by atoms with Crippen LogP contribution in [-0.2, 0) is 6.18 Å². The van der Waals surface area contributed by atoms with Gasteiger partial charge in [0.05, 0.1) is 11.3 Å². The Kier molecular flexibility index (Phi) is 6.45. The summed E-state index contributed by atoms with van der Waals surface area (Å²) in [5.74, 6) is 1.09. The third kappa shape index (κ3) is 4.89. The average Bonchev–Trinajstić information content (AvgIpc) is 3.18. The number of rotatable bonds is 6. The third-order valence-corrected chi connectivity index (χ3v) is 6.36. The van der Waals surface area contributed by atoms with Crippen LogP contribution < -0.4 is 15.8 Å². The van der Waals surface area contributed by atoms with Gasteiger partial charge < -0.3 is 20.7 Å². The summed E-state index contributed by atoms with van der Waals surface area (Å²) < 4.78 is 46.0.